The molecule has 0 bridgehead atoms. The van der Waals surface area contributed by atoms with Crippen LogP contribution in [0.25, 0.3) is 11.0 Å². The first-order valence-corrected chi connectivity index (χ1v) is 8.47. The molecule has 7 nitrogen and oxygen atoms in total. The molecule has 1 aromatic carbocycles. The van der Waals surface area contributed by atoms with Crippen molar-refractivity contribution in [2.24, 2.45) is 0 Å². The van der Waals surface area contributed by atoms with Gasteiger partial charge in [0.25, 0.3) is 5.56 Å². The van der Waals surface area contributed by atoms with Gasteiger partial charge in [0, 0.05) is 19.3 Å². The van der Waals surface area contributed by atoms with Gasteiger partial charge in [-0.1, -0.05) is 6.07 Å². The van der Waals surface area contributed by atoms with Crippen molar-refractivity contribution >= 4 is 16.9 Å². The molecule has 3 rings (SSSR count). The van der Waals surface area contributed by atoms with Gasteiger partial charge in [0.15, 0.2) is 17.3 Å². The summed E-state index contributed by atoms with van der Waals surface area (Å²) in [5, 5.41) is 3.16. The van der Waals surface area contributed by atoms with Crippen LogP contribution in [0, 0.1) is 0 Å². The highest BCUT2D eigenvalue weighted by Crippen LogP contribution is 2.27. The van der Waals surface area contributed by atoms with Gasteiger partial charge in [-0.25, -0.2) is 4.98 Å². The van der Waals surface area contributed by atoms with Crippen LogP contribution in [0.5, 0.6) is 11.5 Å². The number of fused-ring (bicyclic) bond motifs is 1. The molecule has 7 heteroatoms. The minimum atomic E-state index is -0.139. The molecule has 0 atom stereocenters. The van der Waals surface area contributed by atoms with Crippen LogP contribution in [0.1, 0.15) is 12.5 Å². The maximum atomic E-state index is 12.6. The SMILES string of the molecule is CCn1c(=O)c(NCCc2ccc(OC)c(OC)c2)nc2ccncc21. The summed E-state index contributed by atoms with van der Waals surface area (Å²) < 4.78 is 12.2. The number of nitrogens with one attached hydrogen (secondary N) is 1. The molecule has 0 unspecified atom stereocenters. The van der Waals surface area contributed by atoms with Gasteiger partial charge >= 0.3 is 0 Å². The fourth-order valence-corrected chi connectivity index (χ4v) is 2.88. The third-order valence-electron chi connectivity index (χ3n) is 4.22. The largest absolute Gasteiger partial charge is 0.493 e. The molecule has 3 aromatic rings. The van der Waals surface area contributed by atoms with Crippen LogP contribution in [-0.4, -0.2) is 35.3 Å². The fraction of sp³-hybridized carbons (Fsp3) is 0.316. The van der Waals surface area contributed by atoms with E-state index in [2.05, 4.69) is 15.3 Å². The maximum absolute atomic E-state index is 12.6. The number of ether oxygens (including phenoxy) is 2. The predicted molar refractivity (Wildman–Crippen MR) is 101 cm³/mol. The molecule has 0 aliphatic rings. The van der Waals surface area contributed by atoms with E-state index in [1.165, 1.54) is 0 Å². The first kappa shape index (κ1) is 17.7. The zero-order valence-electron chi connectivity index (χ0n) is 15.2. The van der Waals surface area contributed by atoms with Gasteiger partial charge < -0.3 is 19.4 Å². The summed E-state index contributed by atoms with van der Waals surface area (Å²) in [4.78, 5) is 21.1. The van der Waals surface area contributed by atoms with Gasteiger partial charge in [-0.05, 0) is 37.1 Å². The number of aryl methyl sites for hydroxylation is 1. The van der Waals surface area contributed by atoms with Crippen molar-refractivity contribution in [3.8, 4) is 11.5 Å². The number of anilines is 1. The van der Waals surface area contributed by atoms with E-state index in [9.17, 15) is 4.79 Å². The normalized spacial score (nSPS) is 10.7. The number of pyridine rings is 1. The van der Waals surface area contributed by atoms with Gasteiger partial charge in [0.1, 0.15) is 0 Å². The van der Waals surface area contributed by atoms with E-state index in [1.807, 2.05) is 25.1 Å². The van der Waals surface area contributed by atoms with Gasteiger partial charge in [-0.15, -0.1) is 0 Å². The molecular formula is C19H22N4O3. The smallest absolute Gasteiger partial charge is 0.293 e. The molecule has 2 aromatic heterocycles. The van der Waals surface area contributed by atoms with Crippen molar-refractivity contribution in [3.63, 3.8) is 0 Å². The molecule has 1 N–H and O–H groups in total. The highest BCUT2D eigenvalue weighted by Gasteiger charge is 2.10. The quantitative estimate of drug-likeness (QED) is 0.702. The van der Waals surface area contributed by atoms with E-state index in [-0.39, 0.29) is 5.56 Å². The van der Waals surface area contributed by atoms with Gasteiger partial charge in [0.05, 0.1) is 31.4 Å². The van der Waals surface area contributed by atoms with Crippen LogP contribution in [0.15, 0.2) is 41.5 Å². The van der Waals surface area contributed by atoms with Crippen molar-refractivity contribution in [1.29, 1.82) is 0 Å². The second kappa shape index (κ2) is 7.86. The lowest BCUT2D eigenvalue weighted by molar-refractivity contribution is 0.354. The van der Waals surface area contributed by atoms with Crippen molar-refractivity contribution in [1.82, 2.24) is 14.5 Å². The Hall–Kier alpha value is -3.09. The summed E-state index contributed by atoms with van der Waals surface area (Å²) >= 11 is 0. The predicted octanol–water partition coefficient (Wildman–Crippen LogP) is 2.48. The molecule has 0 fully saturated rings. The average Bonchev–Trinajstić information content (AvgIpc) is 2.68. The molecule has 0 amide bonds. The zero-order valence-corrected chi connectivity index (χ0v) is 15.2. The second-order valence-corrected chi connectivity index (χ2v) is 5.74. The van der Waals surface area contributed by atoms with Crippen LogP contribution in [-0.2, 0) is 13.0 Å². The van der Waals surface area contributed by atoms with E-state index >= 15 is 0 Å². The van der Waals surface area contributed by atoms with Crippen molar-refractivity contribution in [2.75, 3.05) is 26.1 Å². The van der Waals surface area contributed by atoms with Crippen LogP contribution in [0.2, 0.25) is 0 Å². The minimum Gasteiger partial charge on any atom is -0.493 e. The molecule has 0 saturated carbocycles. The first-order valence-electron chi connectivity index (χ1n) is 8.47. The van der Waals surface area contributed by atoms with Crippen molar-refractivity contribution < 1.29 is 9.47 Å². The van der Waals surface area contributed by atoms with E-state index < -0.39 is 0 Å². The Bertz CT molecular complexity index is 969. The number of hydrogen-bond donors (Lipinski definition) is 1. The lowest BCUT2D eigenvalue weighted by atomic mass is 10.1. The van der Waals surface area contributed by atoms with Gasteiger partial charge in [0.2, 0.25) is 0 Å². The van der Waals surface area contributed by atoms with Crippen LogP contribution >= 0.6 is 0 Å². The van der Waals surface area contributed by atoms with Gasteiger partial charge in [-0.3, -0.25) is 9.78 Å². The summed E-state index contributed by atoms with van der Waals surface area (Å²) in [6, 6.07) is 7.59. The molecule has 2 heterocycles. The second-order valence-electron chi connectivity index (χ2n) is 5.74. The number of nitrogens with zero attached hydrogens (tertiary/aromatic N) is 3. The third-order valence-corrected chi connectivity index (χ3v) is 4.22. The summed E-state index contributed by atoms with van der Waals surface area (Å²) in [6.07, 6.45) is 4.07. The minimum absolute atomic E-state index is 0.139. The van der Waals surface area contributed by atoms with Crippen LogP contribution in [0.3, 0.4) is 0 Å². The Morgan fingerprint density at radius 1 is 1.15 bits per heavy atom. The van der Waals surface area contributed by atoms with Crippen LogP contribution < -0.4 is 20.3 Å². The van der Waals surface area contributed by atoms with Crippen molar-refractivity contribution in [3.05, 3.63) is 52.6 Å². The molecule has 136 valence electrons. The Balaban J connectivity index is 1.78. The fourth-order valence-electron chi connectivity index (χ4n) is 2.88. The molecule has 0 spiro atoms. The molecule has 0 radical (unpaired) electrons. The molecule has 0 saturated heterocycles. The Morgan fingerprint density at radius 3 is 2.69 bits per heavy atom. The van der Waals surface area contributed by atoms with Crippen molar-refractivity contribution in [2.45, 2.75) is 19.9 Å². The maximum Gasteiger partial charge on any atom is 0.293 e. The average molecular weight is 354 g/mol. The van der Waals surface area contributed by atoms with E-state index in [1.54, 1.807) is 37.2 Å². The molecule has 0 aliphatic carbocycles. The Kier molecular flexibility index (Phi) is 5.36. The number of rotatable bonds is 7. The summed E-state index contributed by atoms with van der Waals surface area (Å²) in [7, 11) is 3.22. The first-order chi connectivity index (χ1) is 12.7. The Morgan fingerprint density at radius 2 is 1.96 bits per heavy atom. The lowest BCUT2D eigenvalue weighted by Crippen LogP contribution is -2.25. The van der Waals surface area contributed by atoms with E-state index in [0.29, 0.717) is 30.4 Å². The number of benzene rings is 1. The topological polar surface area (TPSA) is 78.3 Å². The number of methoxy groups -OCH3 is 2. The van der Waals surface area contributed by atoms with E-state index in [0.717, 1.165) is 23.0 Å². The monoisotopic (exact) mass is 354 g/mol. The standard InChI is InChI=1S/C19H22N4O3/c1-4-23-15-12-20-9-8-14(15)22-18(19(23)24)21-10-7-13-5-6-16(25-2)17(11-13)26-3/h5-6,8-9,11-12H,4,7,10H2,1-3H3,(H,21,22). The molecular weight excluding hydrogens is 332 g/mol. The highest BCUT2D eigenvalue weighted by molar-refractivity contribution is 5.75. The molecule has 0 aliphatic heterocycles. The number of aromatic nitrogens is 3. The summed E-state index contributed by atoms with van der Waals surface area (Å²) in [5.74, 6) is 1.74. The summed E-state index contributed by atoms with van der Waals surface area (Å²) in [5.41, 5.74) is 2.43. The van der Waals surface area contributed by atoms with Gasteiger partial charge in [-0.2, -0.15) is 0 Å². The third kappa shape index (κ3) is 3.46. The van der Waals surface area contributed by atoms with E-state index in [4.69, 9.17) is 9.47 Å². The highest BCUT2D eigenvalue weighted by atomic mass is 16.5. The zero-order chi connectivity index (χ0) is 18.5. The summed E-state index contributed by atoms with van der Waals surface area (Å²) in [6.45, 7) is 3.08. The van der Waals surface area contributed by atoms with Crippen LogP contribution in [0.4, 0.5) is 5.82 Å². The molecule has 26 heavy (non-hydrogen) atoms. The number of hydrogen-bond acceptors (Lipinski definition) is 6. The lowest BCUT2D eigenvalue weighted by Gasteiger charge is -2.12. The Labute approximate surface area is 151 Å².